The van der Waals surface area contributed by atoms with Crippen LogP contribution in [0.4, 0.5) is 0 Å². The van der Waals surface area contributed by atoms with E-state index in [-0.39, 0.29) is 17.9 Å². The van der Waals surface area contributed by atoms with E-state index < -0.39 is 5.54 Å². The van der Waals surface area contributed by atoms with Gasteiger partial charge in [-0.3, -0.25) is 4.79 Å². The van der Waals surface area contributed by atoms with Gasteiger partial charge in [0.05, 0.1) is 6.61 Å². The van der Waals surface area contributed by atoms with Crippen LogP contribution in [-0.2, 0) is 10.3 Å². The number of ether oxygens (including phenoxy) is 1. The van der Waals surface area contributed by atoms with E-state index in [1.807, 2.05) is 6.92 Å². The second-order valence-electron chi connectivity index (χ2n) is 4.87. The van der Waals surface area contributed by atoms with Crippen LogP contribution in [0, 0.1) is 6.92 Å². The molecule has 0 aliphatic rings. The predicted octanol–water partition coefficient (Wildman–Crippen LogP) is 0.944. The molecule has 7 nitrogen and oxygen atoms in total. The standard InChI is InChI=1S/C13H18N4O3/c1-4-19-7-13(3,14)12-16-11(20-17-12)9-6-15-8(2)5-10(9)18/h5-6H,4,7,14H2,1-3H3,(H,15,18). The average molecular weight is 278 g/mol. The van der Waals surface area contributed by atoms with E-state index >= 15 is 0 Å². The Hall–Kier alpha value is -1.99. The molecule has 0 aromatic carbocycles. The van der Waals surface area contributed by atoms with Crippen LogP contribution >= 0.6 is 0 Å². The third-order valence-electron chi connectivity index (χ3n) is 2.83. The SMILES string of the molecule is CCOCC(C)(N)c1noc(-c2c[nH]c(C)cc2=O)n1. The largest absolute Gasteiger partial charge is 0.379 e. The van der Waals surface area contributed by atoms with Crippen LogP contribution < -0.4 is 11.2 Å². The van der Waals surface area contributed by atoms with E-state index in [9.17, 15) is 4.79 Å². The molecule has 0 aliphatic carbocycles. The molecule has 1 unspecified atom stereocenters. The smallest absolute Gasteiger partial charge is 0.263 e. The van der Waals surface area contributed by atoms with E-state index in [0.717, 1.165) is 5.69 Å². The molecule has 108 valence electrons. The number of rotatable bonds is 5. The Morgan fingerprint density at radius 2 is 2.30 bits per heavy atom. The van der Waals surface area contributed by atoms with Crippen molar-refractivity contribution < 1.29 is 9.26 Å². The van der Waals surface area contributed by atoms with Crippen molar-refractivity contribution in [1.82, 2.24) is 15.1 Å². The summed E-state index contributed by atoms with van der Waals surface area (Å²) in [5, 5.41) is 3.84. The number of hydrogen-bond acceptors (Lipinski definition) is 6. The fourth-order valence-electron chi connectivity index (χ4n) is 1.68. The van der Waals surface area contributed by atoms with Gasteiger partial charge in [0, 0.05) is 24.6 Å². The molecule has 0 aliphatic heterocycles. The Balaban J connectivity index is 2.31. The highest BCUT2D eigenvalue weighted by Gasteiger charge is 2.28. The van der Waals surface area contributed by atoms with Crippen LogP contribution in [0.2, 0.25) is 0 Å². The van der Waals surface area contributed by atoms with Crippen LogP contribution in [0.1, 0.15) is 25.4 Å². The van der Waals surface area contributed by atoms with E-state index in [4.69, 9.17) is 15.0 Å². The lowest BCUT2D eigenvalue weighted by atomic mass is 10.1. The second-order valence-corrected chi connectivity index (χ2v) is 4.87. The molecule has 0 amide bonds. The van der Waals surface area contributed by atoms with Gasteiger partial charge in [-0.25, -0.2) is 0 Å². The van der Waals surface area contributed by atoms with Crippen molar-refractivity contribution in [3.05, 3.63) is 34.0 Å². The minimum Gasteiger partial charge on any atom is -0.379 e. The van der Waals surface area contributed by atoms with Gasteiger partial charge in [-0.1, -0.05) is 5.16 Å². The summed E-state index contributed by atoms with van der Waals surface area (Å²) >= 11 is 0. The summed E-state index contributed by atoms with van der Waals surface area (Å²) in [7, 11) is 0. The van der Waals surface area contributed by atoms with Crippen molar-refractivity contribution in [3.8, 4) is 11.5 Å². The zero-order valence-corrected chi connectivity index (χ0v) is 11.8. The molecule has 20 heavy (non-hydrogen) atoms. The molecular weight excluding hydrogens is 260 g/mol. The molecule has 0 bridgehead atoms. The van der Waals surface area contributed by atoms with Gasteiger partial charge in [-0.15, -0.1) is 0 Å². The predicted molar refractivity (Wildman–Crippen MR) is 73.1 cm³/mol. The fraction of sp³-hybridized carbons (Fsp3) is 0.462. The first kappa shape index (κ1) is 14.4. The van der Waals surface area contributed by atoms with Crippen molar-refractivity contribution in [1.29, 1.82) is 0 Å². The summed E-state index contributed by atoms with van der Waals surface area (Å²) in [5.74, 6) is 0.454. The van der Waals surface area contributed by atoms with Crippen molar-refractivity contribution in [2.75, 3.05) is 13.2 Å². The number of H-pyrrole nitrogens is 1. The lowest BCUT2D eigenvalue weighted by molar-refractivity contribution is 0.0962. The van der Waals surface area contributed by atoms with Gasteiger partial charge in [-0.05, 0) is 20.8 Å². The molecule has 2 rings (SSSR count). The average Bonchev–Trinajstić information content (AvgIpc) is 2.86. The van der Waals surface area contributed by atoms with Crippen LogP contribution in [0.3, 0.4) is 0 Å². The van der Waals surface area contributed by atoms with E-state index in [2.05, 4.69) is 15.1 Å². The number of aromatic nitrogens is 3. The van der Waals surface area contributed by atoms with Crippen LogP contribution in [0.15, 0.2) is 21.6 Å². The highest BCUT2D eigenvalue weighted by molar-refractivity contribution is 5.51. The van der Waals surface area contributed by atoms with Gasteiger partial charge >= 0.3 is 0 Å². The molecule has 1 atom stereocenters. The first-order chi connectivity index (χ1) is 9.44. The van der Waals surface area contributed by atoms with Gasteiger partial charge in [0.2, 0.25) is 0 Å². The molecule has 2 heterocycles. The summed E-state index contributed by atoms with van der Waals surface area (Å²) in [5.41, 5.74) is 6.12. The number of aromatic amines is 1. The zero-order chi connectivity index (χ0) is 14.8. The van der Waals surface area contributed by atoms with E-state index in [1.165, 1.54) is 6.07 Å². The highest BCUT2D eigenvalue weighted by atomic mass is 16.5. The summed E-state index contributed by atoms with van der Waals surface area (Å²) < 4.78 is 10.4. The number of nitrogens with one attached hydrogen (secondary N) is 1. The topological polar surface area (TPSA) is 107 Å². The molecule has 0 saturated heterocycles. The maximum Gasteiger partial charge on any atom is 0.263 e. The monoisotopic (exact) mass is 278 g/mol. The number of hydrogen-bond donors (Lipinski definition) is 2. The summed E-state index contributed by atoms with van der Waals surface area (Å²) in [6, 6.07) is 1.47. The van der Waals surface area contributed by atoms with E-state index in [0.29, 0.717) is 18.0 Å². The van der Waals surface area contributed by atoms with Crippen molar-refractivity contribution in [2.45, 2.75) is 26.3 Å². The molecule has 2 aromatic rings. The van der Waals surface area contributed by atoms with Gasteiger partial charge in [0.1, 0.15) is 11.1 Å². The summed E-state index contributed by atoms with van der Waals surface area (Å²) in [4.78, 5) is 19.0. The first-order valence-corrected chi connectivity index (χ1v) is 6.34. The molecule has 3 N–H and O–H groups in total. The quantitative estimate of drug-likeness (QED) is 0.843. The van der Waals surface area contributed by atoms with Crippen LogP contribution in [0.5, 0.6) is 0 Å². The Morgan fingerprint density at radius 1 is 1.55 bits per heavy atom. The molecule has 2 aromatic heterocycles. The summed E-state index contributed by atoms with van der Waals surface area (Å²) in [6.07, 6.45) is 1.55. The Kier molecular flexibility index (Phi) is 4.01. The molecule has 0 radical (unpaired) electrons. The van der Waals surface area contributed by atoms with Crippen molar-refractivity contribution >= 4 is 0 Å². The minimum absolute atomic E-state index is 0.148. The molecule has 0 saturated carbocycles. The lowest BCUT2D eigenvalue weighted by Gasteiger charge is -2.19. The third kappa shape index (κ3) is 2.94. The fourth-order valence-corrected chi connectivity index (χ4v) is 1.68. The number of pyridine rings is 1. The van der Waals surface area contributed by atoms with Gasteiger partial charge in [0.25, 0.3) is 5.89 Å². The molecule has 0 spiro atoms. The molecule has 0 fully saturated rings. The number of nitrogens with zero attached hydrogens (tertiary/aromatic N) is 2. The Bertz CT molecular complexity index is 645. The van der Waals surface area contributed by atoms with Crippen LogP contribution in [-0.4, -0.2) is 28.3 Å². The van der Waals surface area contributed by atoms with Gasteiger partial charge < -0.3 is 20.0 Å². The maximum absolute atomic E-state index is 11.9. The van der Waals surface area contributed by atoms with Crippen molar-refractivity contribution in [2.24, 2.45) is 5.73 Å². The van der Waals surface area contributed by atoms with E-state index in [1.54, 1.807) is 20.0 Å². The Labute approximate surface area is 116 Å². The van der Waals surface area contributed by atoms with Gasteiger partial charge in [0.15, 0.2) is 11.3 Å². The molecular formula is C13H18N4O3. The van der Waals surface area contributed by atoms with Crippen LogP contribution in [0.25, 0.3) is 11.5 Å². The minimum atomic E-state index is -0.866. The lowest BCUT2D eigenvalue weighted by Crippen LogP contribution is -2.39. The maximum atomic E-state index is 11.9. The third-order valence-corrected chi connectivity index (χ3v) is 2.83. The number of aryl methyl sites for hydroxylation is 1. The Morgan fingerprint density at radius 3 is 2.95 bits per heavy atom. The van der Waals surface area contributed by atoms with Gasteiger partial charge in [-0.2, -0.15) is 4.98 Å². The molecule has 7 heteroatoms. The zero-order valence-electron chi connectivity index (χ0n) is 11.8. The van der Waals surface area contributed by atoms with Crippen molar-refractivity contribution in [3.63, 3.8) is 0 Å². The first-order valence-electron chi connectivity index (χ1n) is 6.34. The normalized spacial score (nSPS) is 14.2. The highest BCUT2D eigenvalue weighted by Crippen LogP contribution is 2.19. The number of nitrogens with two attached hydrogens (primary N) is 1. The second kappa shape index (κ2) is 5.56. The summed E-state index contributed by atoms with van der Waals surface area (Å²) in [6.45, 7) is 6.24.